The quantitative estimate of drug-likeness (QED) is 0.872. The number of aromatic carboxylic acids is 1. The molecular weight excluding hydrogens is 232 g/mol. The van der Waals surface area contributed by atoms with Gasteiger partial charge in [0.1, 0.15) is 5.75 Å². The summed E-state index contributed by atoms with van der Waals surface area (Å²) in [5, 5.41) is 8.92. The molecule has 1 aliphatic rings. The molecule has 0 radical (unpaired) electrons. The van der Waals surface area contributed by atoms with Crippen molar-refractivity contribution in [2.75, 3.05) is 13.2 Å². The van der Waals surface area contributed by atoms with E-state index in [0.29, 0.717) is 18.5 Å². The van der Waals surface area contributed by atoms with Gasteiger partial charge in [-0.1, -0.05) is 6.07 Å². The van der Waals surface area contributed by atoms with Crippen LogP contribution in [0.2, 0.25) is 0 Å². The Morgan fingerprint density at radius 2 is 2.39 bits per heavy atom. The zero-order valence-corrected chi connectivity index (χ0v) is 10.5. The van der Waals surface area contributed by atoms with Gasteiger partial charge in [0.2, 0.25) is 0 Å². The molecular formula is C14H18O4. The van der Waals surface area contributed by atoms with Gasteiger partial charge in [-0.25, -0.2) is 4.79 Å². The summed E-state index contributed by atoms with van der Waals surface area (Å²) in [4.78, 5) is 10.9. The first-order chi connectivity index (χ1) is 8.66. The Morgan fingerprint density at radius 1 is 1.56 bits per heavy atom. The van der Waals surface area contributed by atoms with Crippen LogP contribution >= 0.6 is 0 Å². The van der Waals surface area contributed by atoms with Gasteiger partial charge in [0, 0.05) is 13.0 Å². The van der Waals surface area contributed by atoms with Crippen LogP contribution < -0.4 is 4.74 Å². The van der Waals surface area contributed by atoms with Crippen molar-refractivity contribution in [1.82, 2.24) is 0 Å². The van der Waals surface area contributed by atoms with Gasteiger partial charge in [-0.2, -0.15) is 0 Å². The zero-order chi connectivity index (χ0) is 13.0. The highest BCUT2D eigenvalue weighted by atomic mass is 16.5. The van der Waals surface area contributed by atoms with Crippen LogP contribution in [0.1, 0.15) is 35.2 Å². The summed E-state index contributed by atoms with van der Waals surface area (Å²) in [5.74, 6) is -0.285. The summed E-state index contributed by atoms with van der Waals surface area (Å²) in [6, 6.07) is 4.93. The number of benzene rings is 1. The lowest BCUT2D eigenvalue weighted by molar-refractivity contribution is 0.0695. The van der Waals surface area contributed by atoms with Crippen LogP contribution in [0, 0.1) is 6.92 Å². The van der Waals surface area contributed by atoms with Crippen molar-refractivity contribution in [1.29, 1.82) is 0 Å². The minimum Gasteiger partial charge on any atom is -0.493 e. The Hall–Kier alpha value is -1.55. The van der Waals surface area contributed by atoms with E-state index in [-0.39, 0.29) is 5.56 Å². The van der Waals surface area contributed by atoms with E-state index in [4.69, 9.17) is 14.6 Å². The van der Waals surface area contributed by atoms with Gasteiger partial charge in [-0.3, -0.25) is 0 Å². The standard InChI is InChI=1S/C14H18O4/c1-10-4-5-11(14(15)16)9-13(10)18-8-6-12-3-2-7-17-12/h4-5,9,12H,2-3,6-8H2,1H3,(H,15,16). The Balaban J connectivity index is 1.91. The highest BCUT2D eigenvalue weighted by molar-refractivity contribution is 5.88. The summed E-state index contributed by atoms with van der Waals surface area (Å²) < 4.78 is 11.2. The van der Waals surface area contributed by atoms with Crippen molar-refractivity contribution in [3.8, 4) is 5.75 Å². The molecule has 4 heteroatoms. The normalized spacial score (nSPS) is 18.8. The number of carboxylic acid groups (broad SMARTS) is 1. The maximum absolute atomic E-state index is 10.9. The van der Waals surface area contributed by atoms with Crippen LogP contribution in [0.5, 0.6) is 5.75 Å². The number of hydrogen-bond acceptors (Lipinski definition) is 3. The van der Waals surface area contributed by atoms with E-state index in [0.717, 1.165) is 31.4 Å². The molecule has 18 heavy (non-hydrogen) atoms. The summed E-state index contributed by atoms with van der Waals surface area (Å²) >= 11 is 0. The van der Waals surface area contributed by atoms with Crippen molar-refractivity contribution >= 4 is 5.97 Å². The van der Waals surface area contributed by atoms with Gasteiger partial charge < -0.3 is 14.6 Å². The van der Waals surface area contributed by atoms with Crippen LogP contribution in [-0.2, 0) is 4.74 Å². The second-order valence-electron chi connectivity index (χ2n) is 4.56. The molecule has 1 saturated heterocycles. The minimum absolute atomic E-state index is 0.257. The lowest BCUT2D eigenvalue weighted by atomic mass is 10.1. The number of aryl methyl sites for hydroxylation is 1. The van der Waals surface area contributed by atoms with Gasteiger partial charge in [0.05, 0.1) is 18.3 Å². The fraction of sp³-hybridized carbons (Fsp3) is 0.500. The third kappa shape index (κ3) is 3.23. The fourth-order valence-electron chi connectivity index (χ4n) is 2.06. The molecule has 0 aromatic heterocycles. The van der Waals surface area contributed by atoms with Gasteiger partial charge in [0.15, 0.2) is 0 Å². The summed E-state index contributed by atoms with van der Waals surface area (Å²) in [6.07, 6.45) is 3.37. The topological polar surface area (TPSA) is 55.8 Å². The van der Waals surface area contributed by atoms with E-state index in [2.05, 4.69) is 0 Å². The molecule has 0 saturated carbocycles. The molecule has 98 valence electrons. The summed E-state index contributed by atoms with van der Waals surface area (Å²) in [6.45, 7) is 3.32. The van der Waals surface area contributed by atoms with E-state index in [9.17, 15) is 4.79 Å². The maximum atomic E-state index is 10.9. The lowest BCUT2D eigenvalue weighted by Gasteiger charge is -2.12. The first-order valence-corrected chi connectivity index (χ1v) is 6.25. The molecule has 4 nitrogen and oxygen atoms in total. The third-order valence-corrected chi connectivity index (χ3v) is 3.16. The molecule has 1 unspecified atom stereocenters. The van der Waals surface area contributed by atoms with E-state index >= 15 is 0 Å². The highest BCUT2D eigenvalue weighted by Crippen LogP contribution is 2.21. The first kappa shape index (κ1) is 12.9. The van der Waals surface area contributed by atoms with Gasteiger partial charge >= 0.3 is 5.97 Å². The average Bonchev–Trinajstić information content (AvgIpc) is 2.84. The lowest BCUT2D eigenvalue weighted by Crippen LogP contribution is -2.11. The molecule has 1 N–H and O–H groups in total. The van der Waals surface area contributed by atoms with Crippen LogP contribution in [0.4, 0.5) is 0 Å². The average molecular weight is 250 g/mol. The highest BCUT2D eigenvalue weighted by Gasteiger charge is 2.15. The molecule has 0 bridgehead atoms. The first-order valence-electron chi connectivity index (χ1n) is 6.25. The molecule has 1 heterocycles. The van der Waals surface area contributed by atoms with Crippen LogP contribution in [-0.4, -0.2) is 30.4 Å². The largest absolute Gasteiger partial charge is 0.493 e. The SMILES string of the molecule is Cc1ccc(C(=O)O)cc1OCCC1CCCO1. The molecule has 0 aliphatic carbocycles. The summed E-state index contributed by atoms with van der Waals surface area (Å²) in [5.41, 5.74) is 1.21. The van der Waals surface area contributed by atoms with Gasteiger partial charge in [0.25, 0.3) is 0 Å². The number of carboxylic acids is 1. The molecule has 1 aromatic rings. The molecule has 0 amide bonds. The zero-order valence-electron chi connectivity index (χ0n) is 10.5. The van der Waals surface area contributed by atoms with Crippen molar-refractivity contribution in [3.05, 3.63) is 29.3 Å². The Bertz CT molecular complexity index is 422. The molecule has 1 aliphatic heterocycles. The monoisotopic (exact) mass is 250 g/mol. The van der Waals surface area contributed by atoms with Gasteiger partial charge in [-0.15, -0.1) is 0 Å². The predicted molar refractivity (Wildman–Crippen MR) is 67.2 cm³/mol. The second-order valence-corrected chi connectivity index (χ2v) is 4.56. The van der Waals surface area contributed by atoms with Crippen LogP contribution in [0.25, 0.3) is 0 Å². The number of rotatable bonds is 5. The maximum Gasteiger partial charge on any atom is 0.335 e. The van der Waals surface area contributed by atoms with Crippen LogP contribution in [0.3, 0.4) is 0 Å². The predicted octanol–water partition coefficient (Wildman–Crippen LogP) is 2.64. The second kappa shape index (κ2) is 5.87. The van der Waals surface area contributed by atoms with E-state index in [1.165, 1.54) is 0 Å². The van der Waals surface area contributed by atoms with Crippen LogP contribution in [0.15, 0.2) is 18.2 Å². The summed E-state index contributed by atoms with van der Waals surface area (Å²) in [7, 11) is 0. The van der Waals surface area contributed by atoms with E-state index < -0.39 is 5.97 Å². The fourth-order valence-corrected chi connectivity index (χ4v) is 2.06. The van der Waals surface area contributed by atoms with Crippen molar-refractivity contribution in [3.63, 3.8) is 0 Å². The molecule has 2 rings (SSSR count). The number of carbonyl (C=O) groups is 1. The Morgan fingerprint density at radius 3 is 3.06 bits per heavy atom. The minimum atomic E-state index is -0.932. The molecule has 1 atom stereocenters. The molecule has 1 fully saturated rings. The Labute approximate surface area is 107 Å². The van der Waals surface area contributed by atoms with Gasteiger partial charge in [-0.05, 0) is 37.5 Å². The third-order valence-electron chi connectivity index (χ3n) is 3.16. The van der Waals surface area contributed by atoms with E-state index in [1.54, 1.807) is 18.2 Å². The molecule has 0 spiro atoms. The Kier molecular flexibility index (Phi) is 4.20. The van der Waals surface area contributed by atoms with Crippen molar-refractivity contribution < 1.29 is 19.4 Å². The smallest absolute Gasteiger partial charge is 0.335 e. The van der Waals surface area contributed by atoms with E-state index in [1.807, 2.05) is 6.92 Å². The number of ether oxygens (including phenoxy) is 2. The molecule has 1 aromatic carbocycles. The number of hydrogen-bond donors (Lipinski definition) is 1. The van der Waals surface area contributed by atoms with Crippen molar-refractivity contribution in [2.24, 2.45) is 0 Å². The van der Waals surface area contributed by atoms with Crippen molar-refractivity contribution in [2.45, 2.75) is 32.3 Å².